The Balaban J connectivity index is 2.12. The number of nitrogens with zero attached hydrogens (tertiary/aromatic N) is 1. The van der Waals surface area contributed by atoms with Gasteiger partial charge in [0.1, 0.15) is 11.3 Å². The van der Waals surface area contributed by atoms with Crippen molar-refractivity contribution in [3.8, 4) is 16.9 Å². The number of hydrogen-bond acceptors (Lipinski definition) is 2. The molecule has 0 aliphatic heterocycles. The Morgan fingerprint density at radius 1 is 1.17 bits per heavy atom. The predicted molar refractivity (Wildman–Crippen MR) is 83.1 cm³/mol. The summed E-state index contributed by atoms with van der Waals surface area (Å²) >= 11 is 12.6. The number of fused-ring (bicyclic) bond motifs is 1. The number of rotatable bonds is 3. The molecule has 0 spiro atoms. The Morgan fingerprint density at radius 3 is 2.65 bits per heavy atom. The molecule has 0 bridgehead atoms. The molecule has 3 nitrogen and oxygen atoms in total. The Labute approximate surface area is 139 Å². The highest BCUT2D eigenvalue weighted by Gasteiger charge is 2.29. The van der Waals surface area contributed by atoms with Crippen LogP contribution in [0.4, 0.5) is 13.2 Å². The van der Waals surface area contributed by atoms with E-state index in [0.717, 1.165) is 0 Å². The van der Waals surface area contributed by atoms with Crippen LogP contribution in [-0.2, 0) is 0 Å². The van der Waals surface area contributed by atoms with Crippen molar-refractivity contribution in [3.05, 3.63) is 46.7 Å². The van der Waals surface area contributed by atoms with E-state index in [2.05, 4.69) is 9.97 Å². The van der Waals surface area contributed by atoms with Crippen LogP contribution in [0.15, 0.2) is 36.7 Å². The molecule has 0 aliphatic rings. The van der Waals surface area contributed by atoms with Crippen LogP contribution in [0, 0.1) is 0 Å². The molecule has 3 rings (SSSR count). The molecule has 8 heteroatoms. The Morgan fingerprint density at radius 2 is 1.91 bits per heavy atom. The lowest BCUT2D eigenvalue weighted by molar-refractivity contribution is -0.153. The van der Waals surface area contributed by atoms with Gasteiger partial charge in [-0.3, -0.25) is 0 Å². The number of alkyl halides is 3. The van der Waals surface area contributed by atoms with Gasteiger partial charge in [0.25, 0.3) is 0 Å². The average Bonchev–Trinajstić information content (AvgIpc) is 2.94. The first-order valence-corrected chi connectivity index (χ1v) is 7.22. The number of halogens is 5. The van der Waals surface area contributed by atoms with Gasteiger partial charge in [0.15, 0.2) is 6.61 Å². The van der Waals surface area contributed by atoms with Crippen LogP contribution >= 0.6 is 23.2 Å². The van der Waals surface area contributed by atoms with Gasteiger partial charge in [-0.1, -0.05) is 41.4 Å². The summed E-state index contributed by atoms with van der Waals surface area (Å²) in [5.41, 5.74) is 1.87. The molecular formula is C15H9Cl2F3N2O. The molecule has 0 aliphatic carbocycles. The SMILES string of the molecule is FC(F)(F)COc1ccccc1-c1c(Cl)cc2[nH]cnc2c1Cl. The molecule has 0 fully saturated rings. The van der Waals surface area contributed by atoms with Gasteiger partial charge in [-0.05, 0) is 12.1 Å². The van der Waals surface area contributed by atoms with Crippen LogP contribution in [0.5, 0.6) is 5.75 Å². The molecule has 0 unspecified atom stereocenters. The van der Waals surface area contributed by atoms with Crippen molar-refractivity contribution >= 4 is 34.2 Å². The zero-order valence-electron chi connectivity index (χ0n) is 11.4. The van der Waals surface area contributed by atoms with Gasteiger partial charge in [-0.25, -0.2) is 4.98 Å². The molecular weight excluding hydrogens is 352 g/mol. The summed E-state index contributed by atoms with van der Waals surface area (Å²) < 4.78 is 42.1. The number of hydrogen-bond donors (Lipinski definition) is 1. The minimum Gasteiger partial charge on any atom is -0.483 e. The third-order valence-corrected chi connectivity index (χ3v) is 3.82. The molecule has 1 N–H and O–H groups in total. The van der Waals surface area contributed by atoms with Gasteiger partial charge in [0.2, 0.25) is 0 Å². The summed E-state index contributed by atoms with van der Waals surface area (Å²) in [7, 11) is 0. The number of ether oxygens (including phenoxy) is 1. The van der Waals surface area contributed by atoms with E-state index in [0.29, 0.717) is 22.2 Å². The maximum atomic E-state index is 12.4. The minimum atomic E-state index is -4.44. The summed E-state index contributed by atoms with van der Waals surface area (Å²) in [4.78, 5) is 6.97. The highest BCUT2D eigenvalue weighted by Crippen LogP contribution is 2.42. The van der Waals surface area contributed by atoms with E-state index in [1.807, 2.05) is 0 Å². The van der Waals surface area contributed by atoms with Crippen LogP contribution in [-0.4, -0.2) is 22.8 Å². The van der Waals surface area contributed by atoms with Gasteiger partial charge < -0.3 is 9.72 Å². The average molecular weight is 361 g/mol. The maximum Gasteiger partial charge on any atom is 0.422 e. The summed E-state index contributed by atoms with van der Waals surface area (Å²) in [6.07, 6.45) is -2.98. The molecule has 0 atom stereocenters. The normalized spacial score (nSPS) is 11.9. The van der Waals surface area contributed by atoms with Crippen molar-refractivity contribution in [2.75, 3.05) is 6.61 Å². The predicted octanol–water partition coefficient (Wildman–Crippen LogP) is 5.48. The van der Waals surface area contributed by atoms with E-state index in [1.165, 1.54) is 12.4 Å². The number of para-hydroxylation sites is 1. The fourth-order valence-electron chi connectivity index (χ4n) is 2.22. The van der Waals surface area contributed by atoms with Crippen molar-refractivity contribution < 1.29 is 17.9 Å². The molecule has 3 aromatic rings. The van der Waals surface area contributed by atoms with E-state index in [1.54, 1.807) is 24.3 Å². The molecule has 1 heterocycles. The van der Waals surface area contributed by atoms with Crippen molar-refractivity contribution in [3.63, 3.8) is 0 Å². The van der Waals surface area contributed by atoms with Crippen molar-refractivity contribution in [2.45, 2.75) is 6.18 Å². The molecule has 120 valence electrons. The molecule has 1 aromatic heterocycles. The Hall–Kier alpha value is -1.92. The third kappa shape index (κ3) is 3.23. The summed E-state index contributed by atoms with van der Waals surface area (Å²) in [5.74, 6) is 0.0449. The lowest BCUT2D eigenvalue weighted by Gasteiger charge is -2.15. The van der Waals surface area contributed by atoms with Gasteiger partial charge in [0, 0.05) is 11.1 Å². The number of H-pyrrole nitrogens is 1. The van der Waals surface area contributed by atoms with Crippen molar-refractivity contribution in [1.82, 2.24) is 9.97 Å². The second-order valence-corrected chi connectivity index (χ2v) is 5.53. The quantitative estimate of drug-likeness (QED) is 0.671. The highest BCUT2D eigenvalue weighted by molar-refractivity contribution is 6.42. The van der Waals surface area contributed by atoms with Gasteiger partial charge in [-0.2, -0.15) is 13.2 Å². The second kappa shape index (κ2) is 5.94. The summed E-state index contributed by atoms with van der Waals surface area (Å²) in [6, 6.07) is 7.88. The van der Waals surface area contributed by atoms with E-state index in [9.17, 15) is 13.2 Å². The zero-order chi connectivity index (χ0) is 16.6. The first-order chi connectivity index (χ1) is 10.9. The second-order valence-electron chi connectivity index (χ2n) is 4.75. The topological polar surface area (TPSA) is 37.9 Å². The number of nitrogens with one attached hydrogen (secondary N) is 1. The standard InChI is InChI=1S/C15H9Cl2F3N2O/c16-9-5-10-14(22-7-21-10)13(17)12(9)8-3-1-2-4-11(8)23-6-15(18,19)20/h1-5,7H,6H2,(H,21,22). The van der Waals surface area contributed by atoms with Gasteiger partial charge >= 0.3 is 6.18 Å². The van der Waals surface area contributed by atoms with Crippen molar-refractivity contribution in [2.24, 2.45) is 0 Å². The van der Waals surface area contributed by atoms with Crippen LogP contribution < -0.4 is 4.74 Å². The Bertz CT molecular complexity index is 862. The van der Waals surface area contributed by atoms with Gasteiger partial charge in [0.05, 0.1) is 21.9 Å². The fraction of sp³-hybridized carbons (Fsp3) is 0.133. The summed E-state index contributed by atoms with van der Waals surface area (Å²) in [5, 5.41) is 0.534. The third-order valence-electron chi connectivity index (χ3n) is 3.15. The van der Waals surface area contributed by atoms with E-state index >= 15 is 0 Å². The molecule has 2 aromatic carbocycles. The monoisotopic (exact) mass is 360 g/mol. The minimum absolute atomic E-state index is 0.0449. The highest BCUT2D eigenvalue weighted by atomic mass is 35.5. The van der Waals surface area contributed by atoms with Gasteiger partial charge in [-0.15, -0.1) is 0 Å². The van der Waals surface area contributed by atoms with E-state index < -0.39 is 12.8 Å². The van der Waals surface area contributed by atoms with Crippen molar-refractivity contribution in [1.29, 1.82) is 0 Å². The molecule has 23 heavy (non-hydrogen) atoms. The number of benzene rings is 2. The molecule has 0 radical (unpaired) electrons. The van der Waals surface area contributed by atoms with Crippen LogP contribution in [0.1, 0.15) is 0 Å². The smallest absolute Gasteiger partial charge is 0.422 e. The Kier molecular flexibility index (Phi) is 4.12. The zero-order valence-corrected chi connectivity index (χ0v) is 12.9. The number of aromatic nitrogens is 2. The summed E-state index contributed by atoms with van der Waals surface area (Å²) in [6.45, 7) is -1.40. The molecule has 0 saturated heterocycles. The van der Waals surface area contributed by atoms with Crippen LogP contribution in [0.25, 0.3) is 22.2 Å². The fourth-order valence-corrected chi connectivity index (χ4v) is 2.92. The molecule has 0 amide bonds. The van der Waals surface area contributed by atoms with E-state index in [4.69, 9.17) is 27.9 Å². The first-order valence-electron chi connectivity index (χ1n) is 6.47. The van der Waals surface area contributed by atoms with E-state index in [-0.39, 0.29) is 15.8 Å². The first kappa shape index (κ1) is 16.0. The maximum absolute atomic E-state index is 12.4. The van der Waals surface area contributed by atoms with Crippen LogP contribution in [0.2, 0.25) is 10.0 Å². The number of aromatic amines is 1. The number of imidazole rings is 1. The lowest BCUT2D eigenvalue weighted by atomic mass is 10.0. The van der Waals surface area contributed by atoms with Crippen LogP contribution in [0.3, 0.4) is 0 Å². The molecule has 0 saturated carbocycles. The largest absolute Gasteiger partial charge is 0.483 e. The lowest BCUT2D eigenvalue weighted by Crippen LogP contribution is -2.19.